The maximum Gasteiger partial charge on any atom is 0.158 e. The Kier molecular flexibility index (Phi) is 5.27. The number of rotatable bonds is 3. The lowest BCUT2D eigenvalue weighted by Gasteiger charge is -2.42. The molecule has 8 N–H and O–H groups in total. The lowest BCUT2D eigenvalue weighted by molar-refractivity contribution is 0.187. The molecule has 0 amide bonds. The quantitative estimate of drug-likeness (QED) is 0.425. The van der Waals surface area contributed by atoms with Crippen LogP contribution >= 0.6 is 23.4 Å². The van der Waals surface area contributed by atoms with Gasteiger partial charge in [0.25, 0.3) is 0 Å². The number of nitrogens with zero attached hydrogens (tertiary/aromatic N) is 4. The highest BCUT2D eigenvalue weighted by Gasteiger charge is 2.46. The first-order chi connectivity index (χ1) is 15.4. The van der Waals surface area contributed by atoms with Crippen LogP contribution in [-0.4, -0.2) is 28.0 Å². The highest BCUT2D eigenvalue weighted by Crippen LogP contribution is 2.51. The molecule has 10 heteroatoms. The van der Waals surface area contributed by atoms with Crippen LogP contribution < -0.4 is 27.8 Å². The fourth-order valence-corrected chi connectivity index (χ4v) is 5.80. The highest BCUT2D eigenvalue weighted by atomic mass is 35.5. The Morgan fingerprint density at radius 3 is 2.59 bits per heavy atom. The summed E-state index contributed by atoms with van der Waals surface area (Å²) in [6, 6.07) is 7.91. The predicted octanol–water partition coefficient (Wildman–Crippen LogP) is 3.27. The van der Waals surface area contributed by atoms with Crippen LogP contribution in [0.4, 0.5) is 23.1 Å². The molecule has 1 unspecified atom stereocenters. The van der Waals surface area contributed by atoms with Crippen LogP contribution in [0.15, 0.2) is 46.6 Å². The van der Waals surface area contributed by atoms with Gasteiger partial charge in [-0.25, -0.2) is 15.0 Å². The summed E-state index contributed by atoms with van der Waals surface area (Å²) in [5.41, 5.74) is 28.1. The molecule has 1 aliphatic heterocycles. The molecule has 0 radical (unpaired) electrons. The summed E-state index contributed by atoms with van der Waals surface area (Å²) in [5, 5.41) is 0.973. The molecule has 1 aromatic carbocycles. The summed E-state index contributed by atoms with van der Waals surface area (Å²) in [4.78, 5) is 16.1. The van der Waals surface area contributed by atoms with Crippen molar-refractivity contribution in [2.75, 3.05) is 35.2 Å². The zero-order valence-corrected chi connectivity index (χ0v) is 19.0. The van der Waals surface area contributed by atoms with Gasteiger partial charge in [-0.15, -0.1) is 0 Å². The van der Waals surface area contributed by atoms with E-state index in [2.05, 4.69) is 25.9 Å². The molecular weight excluding hydrogens is 444 g/mol. The number of fused-ring (bicyclic) bond motifs is 1. The molecule has 32 heavy (non-hydrogen) atoms. The molecule has 2 aliphatic rings. The number of benzene rings is 1. The van der Waals surface area contributed by atoms with Crippen molar-refractivity contribution in [1.29, 1.82) is 0 Å². The Bertz CT molecular complexity index is 1180. The van der Waals surface area contributed by atoms with E-state index in [-0.39, 0.29) is 17.3 Å². The lowest BCUT2D eigenvalue weighted by atomic mass is 9.73. The molecule has 3 heterocycles. The smallest absolute Gasteiger partial charge is 0.158 e. The topological polar surface area (TPSA) is 146 Å². The molecule has 8 nitrogen and oxygen atoms in total. The van der Waals surface area contributed by atoms with E-state index in [0.29, 0.717) is 15.9 Å². The van der Waals surface area contributed by atoms with Crippen LogP contribution in [0.5, 0.6) is 0 Å². The SMILES string of the molecule is Nc1ccc2c(c1)C(N)C1(CCN(c3cnc(Sc4ccnc(N)c4Cl)c(N)n3)CC1)C2. The molecule has 0 saturated carbocycles. The number of hydrogen-bond donors (Lipinski definition) is 4. The van der Waals surface area contributed by atoms with Gasteiger partial charge < -0.3 is 27.8 Å². The predicted molar refractivity (Wildman–Crippen MR) is 130 cm³/mol. The Labute approximate surface area is 195 Å². The summed E-state index contributed by atoms with van der Waals surface area (Å²) < 4.78 is 0. The monoisotopic (exact) mass is 468 g/mol. The minimum atomic E-state index is 0.00984. The van der Waals surface area contributed by atoms with Gasteiger partial charge in [-0.3, -0.25) is 0 Å². The molecule has 1 fully saturated rings. The Balaban J connectivity index is 1.29. The van der Waals surface area contributed by atoms with Crippen LogP contribution in [0.2, 0.25) is 5.02 Å². The van der Waals surface area contributed by atoms with Gasteiger partial charge in [0, 0.05) is 35.9 Å². The van der Waals surface area contributed by atoms with E-state index in [0.717, 1.165) is 48.8 Å². The second-order valence-electron chi connectivity index (χ2n) is 8.49. The normalized spacial score (nSPS) is 19.3. The minimum absolute atomic E-state index is 0.00984. The number of halogens is 1. The second-order valence-corrected chi connectivity index (χ2v) is 9.90. The molecule has 5 rings (SSSR count). The number of nitrogens with two attached hydrogens (primary N) is 4. The fourth-order valence-electron chi connectivity index (χ4n) is 4.79. The van der Waals surface area contributed by atoms with Gasteiger partial charge in [-0.05, 0) is 54.0 Å². The summed E-state index contributed by atoms with van der Waals surface area (Å²) in [6.45, 7) is 1.70. The Morgan fingerprint density at radius 1 is 1.06 bits per heavy atom. The molecule has 3 aromatic rings. The van der Waals surface area contributed by atoms with Gasteiger partial charge in [0.05, 0.1) is 11.2 Å². The summed E-state index contributed by atoms with van der Waals surface area (Å²) in [6.07, 6.45) is 6.32. The van der Waals surface area contributed by atoms with Crippen molar-refractivity contribution in [2.24, 2.45) is 11.1 Å². The fraction of sp³-hybridized carbons (Fsp3) is 0.318. The van der Waals surface area contributed by atoms with Crippen molar-refractivity contribution in [1.82, 2.24) is 15.0 Å². The van der Waals surface area contributed by atoms with Crippen LogP contribution in [0.25, 0.3) is 0 Å². The average Bonchev–Trinajstić information content (AvgIpc) is 3.04. The van der Waals surface area contributed by atoms with E-state index < -0.39 is 0 Å². The third kappa shape index (κ3) is 3.60. The zero-order chi connectivity index (χ0) is 22.5. The second kappa shape index (κ2) is 7.99. The number of nitrogen functional groups attached to an aromatic ring is 3. The molecule has 2 aromatic heterocycles. The van der Waals surface area contributed by atoms with Crippen molar-refractivity contribution < 1.29 is 0 Å². The number of piperidine rings is 1. The van der Waals surface area contributed by atoms with Crippen molar-refractivity contribution >= 4 is 46.5 Å². The maximum atomic E-state index is 6.70. The van der Waals surface area contributed by atoms with Gasteiger partial charge in [0.2, 0.25) is 0 Å². The van der Waals surface area contributed by atoms with Crippen LogP contribution in [0.1, 0.15) is 30.0 Å². The van der Waals surface area contributed by atoms with Gasteiger partial charge in [0.1, 0.15) is 16.7 Å². The third-order valence-corrected chi connectivity index (χ3v) is 8.21. The summed E-state index contributed by atoms with van der Waals surface area (Å²) in [5.74, 6) is 1.41. The number of pyridine rings is 1. The molecule has 0 bridgehead atoms. The van der Waals surface area contributed by atoms with Gasteiger partial charge in [-0.2, -0.15) is 0 Å². The minimum Gasteiger partial charge on any atom is -0.399 e. The van der Waals surface area contributed by atoms with Crippen molar-refractivity contribution in [3.05, 3.63) is 52.8 Å². The van der Waals surface area contributed by atoms with Gasteiger partial charge in [-0.1, -0.05) is 29.4 Å². The van der Waals surface area contributed by atoms with E-state index in [1.54, 1.807) is 18.5 Å². The first-order valence-corrected chi connectivity index (χ1v) is 11.6. The van der Waals surface area contributed by atoms with Crippen LogP contribution in [-0.2, 0) is 6.42 Å². The number of anilines is 4. The maximum absolute atomic E-state index is 6.70. The van der Waals surface area contributed by atoms with Gasteiger partial charge >= 0.3 is 0 Å². The van der Waals surface area contributed by atoms with Crippen molar-refractivity contribution in [2.45, 2.75) is 35.2 Å². The van der Waals surface area contributed by atoms with E-state index >= 15 is 0 Å². The van der Waals surface area contributed by atoms with Crippen LogP contribution in [0.3, 0.4) is 0 Å². The zero-order valence-electron chi connectivity index (χ0n) is 17.5. The molecule has 1 atom stereocenters. The van der Waals surface area contributed by atoms with Gasteiger partial charge in [0.15, 0.2) is 5.82 Å². The molecule has 1 aliphatic carbocycles. The molecule has 1 saturated heterocycles. The first kappa shape index (κ1) is 21.1. The first-order valence-electron chi connectivity index (χ1n) is 10.5. The molecular formula is C22H25ClN8S. The Hall–Kier alpha value is -2.75. The molecule has 166 valence electrons. The lowest BCUT2D eigenvalue weighted by Crippen LogP contribution is -2.44. The highest BCUT2D eigenvalue weighted by molar-refractivity contribution is 7.99. The third-order valence-electron chi connectivity index (χ3n) is 6.63. The van der Waals surface area contributed by atoms with Crippen molar-refractivity contribution in [3.8, 4) is 0 Å². The number of aromatic nitrogens is 3. The standard InChI is InChI=1S/C22H25ClN8S/c23-17-15(3-6-28-19(17)26)32-21-20(27)30-16(11-29-21)31-7-4-22(5-8-31)10-12-1-2-13(24)9-14(12)18(22)25/h1-3,6,9,11,18H,4-5,7-8,10,24-25H2,(H2,26,28)(H2,27,30). The summed E-state index contributed by atoms with van der Waals surface area (Å²) in [7, 11) is 0. The average molecular weight is 469 g/mol. The van der Waals surface area contributed by atoms with Crippen molar-refractivity contribution in [3.63, 3.8) is 0 Å². The summed E-state index contributed by atoms with van der Waals surface area (Å²) >= 11 is 7.56. The van der Waals surface area contributed by atoms with Crippen LogP contribution in [0, 0.1) is 5.41 Å². The van der Waals surface area contributed by atoms with E-state index in [4.69, 9.17) is 34.5 Å². The van der Waals surface area contributed by atoms with E-state index in [9.17, 15) is 0 Å². The van der Waals surface area contributed by atoms with E-state index in [1.165, 1.54) is 22.9 Å². The number of hydrogen-bond acceptors (Lipinski definition) is 9. The Morgan fingerprint density at radius 2 is 1.84 bits per heavy atom. The van der Waals surface area contributed by atoms with E-state index in [1.807, 2.05) is 12.1 Å². The molecule has 1 spiro atoms. The largest absolute Gasteiger partial charge is 0.399 e.